The number of hydrogen-bond donors (Lipinski definition) is 1. The summed E-state index contributed by atoms with van der Waals surface area (Å²) in [5, 5.41) is 14.5. The van der Waals surface area contributed by atoms with E-state index in [1.165, 1.54) is 12.1 Å². The quantitative estimate of drug-likeness (QED) is 0.601. The molecule has 128 valence electrons. The molecule has 1 N–H and O–H groups in total. The summed E-state index contributed by atoms with van der Waals surface area (Å²) in [6, 6.07) is 5.42. The molecule has 4 aromatic rings. The number of nitrogens with zero attached hydrogens (tertiary/aromatic N) is 5. The highest BCUT2D eigenvalue weighted by atomic mass is 32.1. The van der Waals surface area contributed by atoms with E-state index in [1.807, 2.05) is 0 Å². The number of aromatic nitrogens is 6. The van der Waals surface area contributed by atoms with Crippen LogP contribution in [0.3, 0.4) is 0 Å². The average molecular weight is 366 g/mol. The van der Waals surface area contributed by atoms with Crippen molar-refractivity contribution in [2.45, 2.75) is 19.0 Å². The molecule has 0 aliphatic heterocycles. The monoisotopic (exact) mass is 366 g/mol. The van der Waals surface area contributed by atoms with Crippen LogP contribution in [0.4, 0.5) is 13.2 Å². The Kier molecular flexibility index (Phi) is 3.53. The summed E-state index contributed by atoms with van der Waals surface area (Å²) in [4.78, 5) is 16.7. The Morgan fingerprint density at radius 2 is 1.96 bits per heavy atom. The van der Waals surface area contributed by atoms with Crippen molar-refractivity contribution in [3.63, 3.8) is 0 Å². The molecule has 7 nitrogen and oxygen atoms in total. The van der Waals surface area contributed by atoms with Crippen LogP contribution >= 0.6 is 11.3 Å². The zero-order chi connectivity index (χ0) is 17.6. The minimum Gasteiger partial charge on any atom is -0.265 e. The van der Waals surface area contributed by atoms with Gasteiger partial charge >= 0.3 is 11.7 Å². The molecule has 11 heteroatoms. The van der Waals surface area contributed by atoms with Crippen LogP contribution in [-0.2, 0) is 19.0 Å². The van der Waals surface area contributed by atoms with Gasteiger partial charge in [-0.2, -0.15) is 33.0 Å². The van der Waals surface area contributed by atoms with Crippen LogP contribution in [0.25, 0.3) is 16.1 Å². The Hall–Kier alpha value is -2.82. The van der Waals surface area contributed by atoms with Crippen molar-refractivity contribution in [1.82, 2.24) is 30.0 Å². The Labute approximate surface area is 141 Å². The summed E-state index contributed by atoms with van der Waals surface area (Å²) in [5.41, 5.74) is -0.688. The van der Waals surface area contributed by atoms with E-state index in [1.54, 1.807) is 6.07 Å². The first-order valence-electron chi connectivity index (χ1n) is 7.18. The maximum absolute atomic E-state index is 13.0. The summed E-state index contributed by atoms with van der Waals surface area (Å²) in [6.45, 7) is 0. The largest absolute Gasteiger partial charge is 0.416 e. The van der Waals surface area contributed by atoms with Gasteiger partial charge in [-0.25, -0.2) is 0 Å². The van der Waals surface area contributed by atoms with Gasteiger partial charge in [0.05, 0.1) is 5.56 Å². The van der Waals surface area contributed by atoms with Crippen molar-refractivity contribution >= 4 is 27.5 Å². The maximum atomic E-state index is 13.0. The lowest BCUT2D eigenvalue weighted by Crippen LogP contribution is -2.15. The first-order chi connectivity index (χ1) is 11.9. The molecule has 0 saturated carbocycles. The predicted octanol–water partition coefficient (Wildman–Crippen LogP) is 2.23. The second-order valence-electron chi connectivity index (χ2n) is 5.26. The Morgan fingerprint density at radius 1 is 1.16 bits per heavy atom. The molecule has 0 unspecified atom stereocenters. The van der Waals surface area contributed by atoms with Crippen molar-refractivity contribution in [2.24, 2.45) is 0 Å². The number of benzene rings is 1. The van der Waals surface area contributed by atoms with E-state index in [9.17, 15) is 18.0 Å². The molecule has 0 atom stereocenters. The Bertz CT molecular complexity index is 1130. The number of fused-ring (bicyclic) bond motifs is 2. The molecule has 0 aliphatic rings. The van der Waals surface area contributed by atoms with E-state index in [4.69, 9.17) is 0 Å². The first-order valence-corrected chi connectivity index (χ1v) is 7.99. The third-order valence-corrected chi connectivity index (χ3v) is 4.63. The summed E-state index contributed by atoms with van der Waals surface area (Å²) < 4.78 is 40.2. The lowest BCUT2D eigenvalue weighted by atomic mass is 10.0. The van der Waals surface area contributed by atoms with Gasteiger partial charge in [0.25, 0.3) is 0 Å². The van der Waals surface area contributed by atoms with Crippen molar-refractivity contribution in [3.8, 4) is 0 Å². The van der Waals surface area contributed by atoms with Crippen LogP contribution in [-0.4, -0.2) is 30.0 Å². The molecule has 3 aromatic heterocycles. The fourth-order valence-corrected chi connectivity index (χ4v) is 3.40. The third kappa shape index (κ3) is 2.76. The van der Waals surface area contributed by atoms with Crippen LogP contribution in [0.15, 0.2) is 29.1 Å². The van der Waals surface area contributed by atoms with Crippen molar-refractivity contribution in [2.75, 3.05) is 0 Å². The molecule has 25 heavy (non-hydrogen) atoms. The van der Waals surface area contributed by atoms with Crippen LogP contribution < -0.4 is 5.56 Å². The third-order valence-electron chi connectivity index (χ3n) is 3.66. The van der Waals surface area contributed by atoms with Gasteiger partial charge in [0.2, 0.25) is 10.6 Å². The number of alkyl halides is 3. The topological polar surface area (TPSA) is 88.8 Å². The number of hydrogen-bond acceptors (Lipinski definition) is 6. The molecule has 0 spiro atoms. The fourth-order valence-electron chi connectivity index (χ4n) is 2.52. The van der Waals surface area contributed by atoms with Gasteiger partial charge in [0.1, 0.15) is 5.01 Å². The lowest BCUT2D eigenvalue weighted by Gasteiger charge is -2.11. The van der Waals surface area contributed by atoms with Crippen LogP contribution in [0.2, 0.25) is 0 Å². The molecule has 0 bridgehead atoms. The fraction of sp³-hybridized carbons (Fsp3) is 0.214. The highest BCUT2D eigenvalue weighted by Gasteiger charge is 2.32. The molecule has 1 aromatic carbocycles. The zero-order valence-electron chi connectivity index (χ0n) is 12.4. The lowest BCUT2D eigenvalue weighted by molar-refractivity contribution is -0.138. The minimum absolute atomic E-state index is 0.0665. The van der Waals surface area contributed by atoms with Gasteiger partial charge in [0.15, 0.2) is 5.52 Å². The molecule has 0 fully saturated rings. The van der Waals surface area contributed by atoms with Crippen molar-refractivity contribution in [3.05, 3.63) is 50.8 Å². The molecule has 3 heterocycles. The second-order valence-corrected chi connectivity index (χ2v) is 6.30. The highest BCUT2D eigenvalue weighted by molar-refractivity contribution is 7.16. The summed E-state index contributed by atoms with van der Waals surface area (Å²) in [5.74, 6) is 0. The zero-order valence-corrected chi connectivity index (χ0v) is 13.2. The van der Waals surface area contributed by atoms with Crippen molar-refractivity contribution in [1.29, 1.82) is 0 Å². The maximum Gasteiger partial charge on any atom is 0.416 e. The van der Waals surface area contributed by atoms with E-state index < -0.39 is 17.3 Å². The minimum atomic E-state index is -4.40. The van der Waals surface area contributed by atoms with Crippen LogP contribution in [0.1, 0.15) is 16.1 Å². The van der Waals surface area contributed by atoms with E-state index in [0.29, 0.717) is 9.97 Å². The highest BCUT2D eigenvalue weighted by Crippen LogP contribution is 2.32. The molecular weight excluding hydrogens is 357 g/mol. The van der Waals surface area contributed by atoms with Gasteiger partial charge in [-0.15, -0.1) is 10.2 Å². The number of H-pyrrole nitrogens is 1. The van der Waals surface area contributed by atoms with E-state index in [2.05, 4.69) is 25.5 Å². The van der Waals surface area contributed by atoms with Crippen LogP contribution in [0, 0.1) is 0 Å². The molecule has 0 amide bonds. The number of aryl methyl sites for hydroxylation is 2. The van der Waals surface area contributed by atoms with Gasteiger partial charge in [-0.05, 0) is 18.1 Å². The standard InChI is InChI=1S/C14H9F3N6OS/c15-14(16,17)8-4-2-1-3-7(8)5-6-9-21-23-12(24)10-11(20-22-19-10)18-13(23)25-9/h1-4H,5-6H2,(H,19,20,22). The van der Waals surface area contributed by atoms with Crippen molar-refractivity contribution < 1.29 is 13.2 Å². The molecule has 0 aliphatic carbocycles. The van der Waals surface area contributed by atoms with E-state index >= 15 is 0 Å². The average Bonchev–Trinajstić information content (AvgIpc) is 3.19. The predicted molar refractivity (Wildman–Crippen MR) is 83.4 cm³/mol. The molecule has 0 radical (unpaired) electrons. The number of aromatic amines is 1. The molecule has 4 rings (SSSR count). The van der Waals surface area contributed by atoms with Crippen LogP contribution in [0.5, 0.6) is 0 Å². The molecule has 0 saturated heterocycles. The van der Waals surface area contributed by atoms with Gasteiger partial charge < -0.3 is 0 Å². The van der Waals surface area contributed by atoms with E-state index in [0.717, 1.165) is 21.9 Å². The van der Waals surface area contributed by atoms with Gasteiger partial charge in [0, 0.05) is 6.42 Å². The second kappa shape index (κ2) is 5.62. The normalized spacial score (nSPS) is 12.3. The first kappa shape index (κ1) is 15.7. The smallest absolute Gasteiger partial charge is 0.265 e. The Balaban J connectivity index is 1.66. The number of halogens is 3. The number of nitrogens with one attached hydrogen (secondary N) is 1. The Morgan fingerprint density at radius 3 is 2.76 bits per heavy atom. The number of rotatable bonds is 3. The molecular formula is C14H9F3N6OS. The van der Waals surface area contributed by atoms with Gasteiger partial charge in [-0.3, -0.25) is 4.79 Å². The van der Waals surface area contributed by atoms with E-state index in [-0.39, 0.29) is 29.6 Å². The van der Waals surface area contributed by atoms with Gasteiger partial charge in [-0.1, -0.05) is 29.5 Å². The SMILES string of the molecule is O=c1c2n[nH]nc2nc2sc(CCc3ccccc3C(F)(F)F)nn12. The summed E-state index contributed by atoms with van der Waals surface area (Å²) in [6.07, 6.45) is -3.99. The summed E-state index contributed by atoms with van der Waals surface area (Å²) in [7, 11) is 0. The summed E-state index contributed by atoms with van der Waals surface area (Å²) >= 11 is 1.14.